The molecule has 194 valence electrons. The lowest BCUT2D eigenvalue weighted by Gasteiger charge is -2.25. The number of aliphatic carboxylic acids is 1. The van der Waals surface area contributed by atoms with Crippen molar-refractivity contribution in [3.05, 3.63) is 0 Å². The van der Waals surface area contributed by atoms with Crippen LogP contribution in [0.5, 0.6) is 0 Å². The van der Waals surface area contributed by atoms with E-state index >= 15 is 0 Å². The first-order valence-electron chi connectivity index (χ1n) is 11.9. The number of hydrogen-bond acceptors (Lipinski definition) is 7. The molecule has 12 heteroatoms. The lowest BCUT2D eigenvalue weighted by Crippen LogP contribution is -2.57. The quantitative estimate of drug-likeness (QED) is 0.131. The molecule has 1 rings (SSSR count). The summed E-state index contributed by atoms with van der Waals surface area (Å²) >= 11 is 0. The number of nitrogens with two attached hydrogens (primary N) is 2. The molecule has 4 atom stereocenters. The number of unbranched alkanes of at least 4 members (excludes halogenated alkanes) is 1. The molecule has 0 aliphatic carbocycles. The van der Waals surface area contributed by atoms with Crippen molar-refractivity contribution in [1.29, 1.82) is 0 Å². The molecule has 1 aliphatic rings. The predicted molar refractivity (Wildman–Crippen MR) is 125 cm³/mol. The van der Waals surface area contributed by atoms with Gasteiger partial charge in [0.15, 0.2) is 0 Å². The number of primary amides is 1. The first kappa shape index (κ1) is 29.3. The summed E-state index contributed by atoms with van der Waals surface area (Å²) in [4.78, 5) is 61.3. The minimum atomic E-state index is -1.16. The Labute approximate surface area is 200 Å². The van der Waals surface area contributed by atoms with Gasteiger partial charge in [0.05, 0.1) is 6.04 Å². The molecule has 1 heterocycles. The van der Waals surface area contributed by atoms with Crippen LogP contribution in [-0.2, 0) is 24.0 Å². The third-order valence-corrected chi connectivity index (χ3v) is 5.59. The van der Waals surface area contributed by atoms with Crippen molar-refractivity contribution in [1.82, 2.24) is 21.3 Å². The van der Waals surface area contributed by atoms with Crippen LogP contribution in [0, 0.1) is 5.92 Å². The number of carboxylic acid groups (broad SMARTS) is 1. The van der Waals surface area contributed by atoms with Gasteiger partial charge >= 0.3 is 5.97 Å². The van der Waals surface area contributed by atoms with Gasteiger partial charge in [0.1, 0.15) is 18.1 Å². The fourth-order valence-electron chi connectivity index (χ4n) is 3.74. The van der Waals surface area contributed by atoms with Crippen LogP contribution in [-0.4, -0.2) is 72.0 Å². The van der Waals surface area contributed by atoms with Gasteiger partial charge in [0, 0.05) is 6.42 Å². The standard InChI is InChI=1S/C22H40N6O6/c1-13(2)12-17(22(33)34)28-20(31)15(6-3-4-10-23)26-21(32)16(8-9-18(24)29)27-19(30)14-7-5-11-25-14/h13-17,25H,3-12,23H2,1-2H3,(H2,24,29)(H,26,32)(H,27,30)(H,28,31)(H,33,34). The molecule has 0 bridgehead atoms. The number of nitrogens with one attached hydrogen (secondary N) is 4. The van der Waals surface area contributed by atoms with Gasteiger partial charge < -0.3 is 37.8 Å². The summed E-state index contributed by atoms with van der Waals surface area (Å²) in [6.07, 6.45) is 2.93. The number of carbonyl (C=O) groups is 5. The summed E-state index contributed by atoms with van der Waals surface area (Å²) in [6, 6.07) is -3.62. The summed E-state index contributed by atoms with van der Waals surface area (Å²) in [5, 5.41) is 20.2. The van der Waals surface area contributed by atoms with Gasteiger partial charge in [0.25, 0.3) is 0 Å². The van der Waals surface area contributed by atoms with Crippen molar-refractivity contribution in [3.8, 4) is 0 Å². The number of carbonyl (C=O) groups excluding carboxylic acids is 4. The van der Waals surface area contributed by atoms with Crippen LogP contribution >= 0.6 is 0 Å². The molecule has 0 aromatic rings. The first-order valence-corrected chi connectivity index (χ1v) is 11.9. The highest BCUT2D eigenvalue weighted by atomic mass is 16.4. The van der Waals surface area contributed by atoms with Gasteiger partial charge in [-0.1, -0.05) is 13.8 Å². The zero-order valence-corrected chi connectivity index (χ0v) is 20.1. The number of amides is 4. The fraction of sp³-hybridized carbons (Fsp3) is 0.773. The van der Waals surface area contributed by atoms with Gasteiger partial charge in [-0.2, -0.15) is 0 Å². The zero-order valence-electron chi connectivity index (χ0n) is 20.1. The molecule has 1 aliphatic heterocycles. The van der Waals surface area contributed by atoms with E-state index in [4.69, 9.17) is 11.5 Å². The Morgan fingerprint density at radius 2 is 1.59 bits per heavy atom. The summed E-state index contributed by atoms with van der Waals surface area (Å²) in [5.74, 6) is -3.39. The molecule has 0 spiro atoms. The van der Waals surface area contributed by atoms with E-state index in [0.717, 1.165) is 6.42 Å². The molecule has 1 saturated heterocycles. The van der Waals surface area contributed by atoms with Crippen LogP contribution < -0.4 is 32.7 Å². The normalized spacial score (nSPS) is 18.1. The summed E-state index contributed by atoms with van der Waals surface area (Å²) in [5.41, 5.74) is 10.8. The van der Waals surface area contributed by atoms with Gasteiger partial charge in [0.2, 0.25) is 23.6 Å². The minimum absolute atomic E-state index is 0.0259. The monoisotopic (exact) mass is 484 g/mol. The van der Waals surface area contributed by atoms with Crippen LogP contribution in [0.15, 0.2) is 0 Å². The summed E-state index contributed by atoms with van der Waals surface area (Å²) in [6.45, 7) is 4.78. The Bertz CT molecular complexity index is 710. The van der Waals surface area contributed by atoms with Gasteiger partial charge in [-0.15, -0.1) is 0 Å². The molecule has 1 fully saturated rings. The number of rotatable bonds is 16. The average molecular weight is 485 g/mol. The molecule has 0 aromatic carbocycles. The van der Waals surface area contributed by atoms with Crippen LogP contribution in [0.3, 0.4) is 0 Å². The molecule has 0 aromatic heterocycles. The van der Waals surface area contributed by atoms with E-state index in [-0.39, 0.29) is 37.5 Å². The summed E-state index contributed by atoms with van der Waals surface area (Å²) < 4.78 is 0. The average Bonchev–Trinajstić information content (AvgIpc) is 3.29. The van der Waals surface area contributed by atoms with E-state index in [0.29, 0.717) is 32.4 Å². The van der Waals surface area contributed by atoms with E-state index in [1.54, 1.807) is 0 Å². The van der Waals surface area contributed by atoms with Gasteiger partial charge in [-0.3, -0.25) is 19.2 Å². The molecule has 4 amide bonds. The van der Waals surface area contributed by atoms with Crippen LogP contribution in [0.25, 0.3) is 0 Å². The highest BCUT2D eigenvalue weighted by Crippen LogP contribution is 2.10. The molecule has 9 N–H and O–H groups in total. The lowest BCUT2D eigenvalue weighted by atomic mass is 10.0. The fourth-order valence-corrected chi connectivity index (χ4v) is 3.74. The van der Waals surface area contributed by atoms with Gasteiger partial charge in [-0.25, -0.2) is 4.79 Å². The highest BCUT2D eigenvalue weighted by molar-refractivity contribution is 5.94. The Morgan fingerprint density at radius 1 is 0.971 bits per heavy atom. The Kier molecular flexibility index (Phi) is 13.1. The maximum absolute atomic E-state index is 13.0. The third-order valence-electron chi connectivity index (χ3n) is 5.59. The second-order valence-electron chi connectivity index (χ2n) is 9.09. The molecular weight excluding hydrogens is 444 g/mol. The third kappa shape index (κ3) is 10.9. The van der Waals surface area contributed by atoms with E-state index < -0.39 is 47.9 Å². The highest BCUT2D eigenvalue weighted by Gasteiger charge is 2.31. The van der Waals surface area contributed by atoms with Crippen molar-refractivity contribution in [2.75, 3.05) is 13.1 Å². The van der Waals surface area contributed by atoms with Crippen molar-refractivity contribution in [2.24, 2.45) is 17.4 Å². The first-order chi connectivity index (χ1) is 16.0. The second kappa shape index (κ2) is 15.2. The van der Waals surface area contributed by atoms with Crippen molar-refractivity contribution in [2.45, 2.75) is 89.4 Å². The zero-order chi connectivity index (χ0) is 25.7. The Morgan fingerprint density at radius 3 is 2.09 bits per heavy atom. The van der Waals surface area contributed by atoms with Crippen LogP contribution in [0.1, 0.15) is 65.2 Å². The van der Waals surface area contributed by atoms with E-state index in [9.17, 15) is 29.1 Å². The lowest BCUT2D eigenvalue weighted by molar-refractivity contribution is -0.142. The molecule has 12 nitrogen and oxygen atoms in total. The van der Waals surface area contributed by atoms with Crippen molar-refractivity contribution < 1.29 is 29.1 Å². The Balaban J connectivity index is 2.94. The maximum atomic E-state index is 13.0. The SMILES string of the molecule is CC(C)CC(NC(=O)C(CCCCN)NC(=O)C(CCC(N)=O)NC(=O)C1CCCN1)C(=O)O. The smallest absolute Gasteiger partial charge is 0.326 e. The molecular formula is C22H40N6O6. The van der Waals surface area contributed by atoms with Crippen LogP contribution in [0.4, 0.5) is 0 Å². The molecule has 4 unspecified atom stereocenters. The molecule has 0 saturated carbocycles. The van der Waals surface area contributed by atoms with Gasteiger partial charge in [-0.05, 0) is 64.0 Å². The number of hydrogen-bond donors (Lipinski definition) is 7. The largest absolute Gasteiger partial charge is 0.480 e. The minimum Gasteiger partial charge on any atom is -0.480 e. The predicted octanol–water partition coefficient (Wildman–Crippen LogP) is -1.28. The van der Waals surface area contributed by atoms with E-state index in [2.05, 4.69) is 21.3 Å². The number of carboxylic acids is 1. The van der Waals surface area contributed by atoms with Crippen LogP contribution in [0.2, 0.25) is 0 Å². The van der Waals surface area contributed by atoms with E-state index in [1.165, 1.54) is 0 Å². The molecule has 34 heavy (non-hydrogen) atoms. The Hall–Kier alpha value is -2.73. The van der Waals surface area contributed by atoms with Crippen molar-refractivity contribution >= 4 is 29.6 Å². The topological polar surface area (TPSA) is 206 Å². The van der Waals surface area contributed by atoms with Crippen molar-refractivity contribution in [3.63, 3.8) is 0 Å². The summed E-state index contributed by atoms with van der Waals surface area (Å²) in [7, 11) is 0. The van der Waals surface area contributed by atoms with E-state index in [1.807, 2.05) is 13.8 Å². The maximum Gasteiger partial charge on any atom is 0.326 e. The second-order valence-corrected chi connectivity index (χ2v) is 9.09. The molecule has 0 radical (unpaired) electrons.